The van der Waals surface area contributed by atoms with Gasteiger partial charge in [0.05, 0.1) is 19.2 Å². The minimum absolute atomic E-state index is 0.194. The number of methoxy groups -OCH3 is 1. The van der Waals surface area contributed by atoms with Crippen LogP contribution in [0.5, 0.6) is 0 Å². The molecule has 0 radical (unpaired) electrons. The molecular weight excluding hydrogens is 236 g/mol. The van der Waals surface area contributed by atoms with E-state index in [4.69, 9.17) is 5.73 Å². The summed E-state index contributed by atoms with van der Waals surface area (Å²) in [6.45, 7) is 0. The second-order valence-corrected chi connectivity index (χ2v) is 4.34. The highest BCUT2D eigenvalue weighted by atomic mass is 32.1. The molecule has 0 unspecified atom stereocenters. The van der Waals surface area contributed by atoms with Crippen molar-refractivity contribution in [1.82, 2.24) is 4.98 Å². The lowest BCUT2D eigenvalue weighted by atomic mass is 10.2. The number of benzene rings is 1. The molecule has 1 heterocycles. The molecule has 0 bridgehead atoms. The van der Waals surface area contributed by atoms with E-state index in [2.05, 4.69) is 9.72 Å². The van der Waals surface area contributed by atoms with Crippen LogP contribution in [0.2, 0.25) is 0 Å². The van der Waals surface area contributed by atoms with Crippen molar-refractivity contribution in [2.45, 2.75) is 6.42 Å². The van der Waals surface area contributed by atoms with E-state index >= 15 is 0 Å². The average molecular weight is 248 g/mol. The van der Waals surface area contributed by atoms with Crippen LogP contribution >= 0.6 is 11.3 Å². The highest BCUT2D eigenvalue weighted by molar-refractivity contribution is 7.13. The predicted molar refractivity (Wildman–Crippen MR) is 67.7 cm³/mol. The highest BCUT2D eigenvalue weighted by Gasteiger charge is 2.10. The summed E-state index contributed by atoms with van der Waals surface area (Å²) < 4.78 is 4.59. The maximum Gasteiger partial charge on any atom is 0.311 e. The number of esters is 1. The van der Waals surface area contributed by atoms with E-state index in [1.54, 1.807) is 0 Å². The highest BCUT2D eigenvalue weighted by Crippen LogP contribution is 2.28. The lowest BCUT2D eigenvalue weighted by Gasteiger charge is -2.00. The second kappa shape index (κ2) is 4.97. The summed E-state index contributed by atoms with van der Waals surface area (Å²) >= 11 is 1.47. The molecule has 0 spiro atoms. The van der Waals surface area contributed by atoms with Gasteiger partial charge >= 0.3 is 5.97 Å². The van der Waals surface area contributed by atoms with Crippen LogP contribution in [0.15, 0.2) is 29.6 Å². The van der Waals surface area contributed by atoms with Gasteiger partial charge in [-0.15, -0.1) is 11.3 Å². The van der Waals surface area contributed by atoms with Gasteiger partial charge in [0.25, 0.3) is 0 Å². The number of anilines is 1. The largest absolute Gasteiger partial charge is 0.469 e. The van der Waals surface area contributed by atoms with E-state index in [9.17, 15) is 4.79 Å². The first kappa shape index (κ1) is 11.6. The lowest BCUT2D eigenvalue weighted by Crippen LogP contribution is -2.04. The fraction of sp³-hybridized carbons (Fsp3) is 0.167. The van der Waals surface area contributed by atoms with Gasteiger partial charge in [0, 0.05) is 16.6 Å². The Morgan fingerprint density at radius 2 is 2.24 bits per heavy atom. The number of rotatable bonds is 3. The molecule has 0 saturated carbocycles. The number of hydrogen-bond donors (Lipinski definition) is 1. The van der Waals surface area contributed by atoms with Crippen LogP contribution in [0.3, 0.4) is 0 Å². The summed E-state index contributed by atoms with van der Waals surface area (Å²) in [5.41, 5.74) is 8.16. The quantitative estimate of drug-likeness (QED) is 0.667. The normalized spacial score (nSPS) is 10.2. The Hall–Kier alpha value is -1.88. The van der Waals surface area contributed by atoms with Crippen LogP contribution < -0.4 is 5.73 Å². The zero-order valence-electron chi connectivity index (χ0n) is 9.34. The number of carbonyl (C=O) groups excluding carboxylic acids is 1. The maximum absolute atomic E-state index is 11.1. The van der Waals surface area contributed by atoms with Crippen LogP contribution in [0.4, 0.5) is 5.69 Å². The molecule has 5 heteroatoms. The van der Waals surface area contributed by atoms with Gasteiger partial charge in [0.1, 0.15) is 5.01 Å². The fourth-order valence-corrected chi connectivity index (χ4v) is 2.29. The second-order valence-electron chi connectivity index (χ2n) is 3.48. The number of nitrogens with zero attached hydrogens (tertiary/aromatic N) is 1. The minimum atomic E-state index is -0.289. The molecule has 1 aromatic heterocycles. The lowest BCUT2D eigenvalue weighted by molar-refractivity contribution is -0.139. The van der Waals surface area contributed by atoms with E-state index in [1.807, 2.05) is 29.6 Å². The number of carbonyl (C=O) groups is 1. The molecule has 17 heavy (non-hydrogen) atoms. The standard InChI is InChI=1S/C12H12N2O2S/c1-16-11(15)6-8-7-17-12(14-8)9-4-2-3-5-10(9)13/h2-5,7H,6,13H2,1H3. The number of nitrogens with two attached hydrogens (primary N) is 1. The fourth-order valence-electron chi connectivity index (χ4n) is 1.42. The van der Waals surface area contributed by atoms with E-state index in [0.717, 1.165) is 10.6 Å². The minimum Gasteiger partial charge on any atom is -0.469 e. The summed E-state index contributed by atoms with van der Waals surface area (Å²) in [5, 5.41) is 2.67. The van der Waals surface area contributed by atoms with Crippen LogP contribution in [0.25, 0.3) is 10.6 Å². The first-order valence-electron chi connectivity index (χ1n) is 5.07. The third-order valence-corrected chi connectivity index (χ3v) is 3.22. The molecule has 4 nitrogen and oxygen atoms in total. The molecule has 0 aliphatic heterocycles. The smallest absolute Gasteiger partial charge is 0.311 e. The number of hydrogen-bond acceptors (Lipinski definition) is 5. The molecule has 0 fully saturated rings. The van der Waals surface area contributed by atoms with E-state index in [-0.39, 0.29) is 12.4 Å². The Balaban J connectivity index is 2.24. The maximum atomic E-state index is 11.1. The van der Waals surface area contributed by atoms with Crippen molar-refractivity contribution in [2.24, 2.45) is 0 Å². The van der Waals surface area contributed by atoms with Crippen molar-refractivity contribution in [3.63, 3.8) is 0 Å². The summed E-state index contributed by atoms with van der Waals surface area (Å²) in [6, 6.07) is 7.53. The molecule has 2 rings (SSSR count). The van der Waals surface area contributed by atoms with Crippen LogP contribution in [0.1, 0.15) is 5.69 Å². The Kier molecular flexibility index (Phi) is 3.39. The molecule has 2 N–H and O–H groups in total. The topological polar surface area (TPSA) is 65.2 Å². The van der Waals surface area contributed by atoms with Gasteiger partial charge in [0.15, 0.2) is 0 Å². The third kappa shape index (κ3) is 2.62. The van der Waals surface area contributed by atoms with Gasteiger partial charge in [0.2, 0.25) is 0 Å². The zero-order valence-corrected chi connectivity index (χ0v) is 10.2. The Labute approximate surface area is 103 Å². The van der Waals surface area contributed by atoms with Gasteiger partial charge in [-0.2, -0.15) is 0 Å². The Morgan fingerprint density at radius 3 is 2.94 bits per heavy atom. The van der Waals surface area contributed by atoms with E-state index < -0.39 is 0 Å². The Bertz CT molecular complexity index is 537. The summed E-state index contributed by atoms with van der Waals surface area (Å²) in [4.78, 5) is 15.5. The van der Waals surface area contributed by atoms with Crippen LogP contribution in [-0.4, -0.2) is 18.1 Å². The van der Waals surface area contributed by atoms with Crippen LogP contribution in [0, 0.1) is 0 Å². The Morgan fingerprint density at radius 1 is 1.47 bits per heavy atom. The van der Waals surface area contributed by atoms with Crippen molar-refractivity contribution in [3.05, 3.63) is 35.3 Å². The van der Waals surface area contributed by atoms with E-state index in [1.165, 1.54) is 18.4 Å². The van der Waals surface area contributed by atoms with Crippen molar-refractivity contribution in [2.75, 3.05) is 12.8 Å². The van der Waals surface area contributed by atoms with Crippen LogP contribution in [-0.2, 0) is 16.0 Å². The SMILES string of the molecule is COC(=O)Cc1csc(-c2ccccc2N)n1. The number of aromatic nitrogens is 1. The van der Waals surface area contributed by atoms with Crippen molar-refractivity contribution in [1.29, 1.82) is 0 Å². The number of nitrogen functional groups attached to an aromatic ring is 1. The van der Waals surface area contributed by atoms with Gasteiger partial charge < -0.3 is 10.5 Å². The molecule has 0 aliphatic carbocycles. The number of ether oxygens (including phenoxy) is 1. The molecule has 1 aromatic carbocycles. The average Bonchev–Trinajstić information content (AvgIpc) is 2.78. The summed E-state index contributed by atoms with van der Waals surface area (Å²) in [6.07, 6.45) is 0.194. The molecular formula is C12H12N2O2S. The molecule has 0 amide bonds. The van der Waals surface area contributed by atoms with Crippen molar-refractivity contribution >= 4 is 23.0 Å². The summed E-state index contributed by atoms with van der Waals surface area (Å²) in [7, 11) is 1.37. The first-order valence-corrected chi connectivity index (χ1v) is 5.94. The summed E-state index contributed by atoms with van der Waals surface area (Å²) in [5.74, 6) is -0.289. The predicted octanol–water partition coefficient (Wildman–Crippen LogP) is 2.11. The molecule has 2 aromatic rings. The number of para-hydroxylation sites is 1. The van der Waals surface area contributed by atoms with Gasteiger partial charge in [-0.1, -0.05) is 12.1 Å². The molecule has 0 aliphatic rings. The van der Waals surface area contributed by atoms with Crippen molar-refractivity contribution < 1.29 is 9.53 Å². The van der Waals surface area contributed by atoms with Gasteiger partial charge in [-0.05, 0) is 12.1 Å². The van der Waals surface area contributed by atoms with Gasteiger partial charge in [-0.25, -0.2) is 4.98 Å². The monoisotopic (exact) mass is 248 g/mol. The van der Waals surface area contributed by atoms with E-state index in [0.29, 0.717) is 11.4 Å². The first-order chi connectivity index (χ1) is 8.20. The van der Waals surface area contributed by atoms with Crippen molar-refractivity contribution in [3.8, 4) is 10.6 Å². The zero-order chi connectivity index (χ0) is 12.3. The van der Waals surface area contributed by atoms with Gasteiger partial charge in [-0.3, -0.25) is 4.79 Å². The third-order valence-electron chi connectivity index (χ3n) is 2.30. The molecule has 0 saturated heterocycles. The molecule has 0 atom stereocenters. The molecule has 88 valence electrons. The number of thiazole rings is 1.